The largest absolute Gasteiger partial charge is 0.507 e. The summed E-state index contributed by atoms with van der Waals surface area (Å²) in [5, 5.41) is 57.6. The van der Waals surface area contributed by atoms with Crippen LogP contribution in [0.2, 0.25) is 0 Å². The van der Waals surface area contributed by atoms with E-state index in [4.69, 9.17) is 42.6 Å². The number of rotatable bonds is 9. The Balaban J connectivity index is 1.62. The van der Waals surface area contributed by atoms with Crippen LogP contribution >= 0.6 is 0 Å². The molecule has 55 heavy (non-hydrogen) atoms. The van der Waals surface area contributed by atoms with Crippen LogP contribution in [-0.2, 0) is 48.1 Å². The number of aliphatic hydroxyl groups excluding tert-OH is 3. The Morgan fingerprint density at radius 3 is 2.04 bits per heavy atom. The zero-order valence-electron chi connectivity index (χ0n) is 31.6. The fourth-order valence-corrected chi connectivity index (χ4v) is 8.17. The summed E-state index contributed by atoms with van der Waals surface area (Å²) in [4.78, 5) is 12.7. The summed E-state index contributed by atoms with van der Waals surface area (Å²) in [7, 11) is 5.75. The Morgan fingerprint density at radius 1 is 0.800 bits per heavy atom. The molecule has 15 nitrogen and oxygen atoms in total. The molecule has 8 unspecified atom stereocenters. The number of carbonyl (C=O) groups excluding carboxylic acids is 1. The van der Waals surface area contributed by atoms with Crippen molar-refractivity contribution in [1.82, 2.24) is 0 Å². The molecular weight excluding hydrogens is 720 g/mol. The van der Waals surface area contributed by atoms with Crippen molar-refractivity contribution in [3.8, 4) is 45.6 Å². The van der Waals surface area contributed by atoms with Crippen LogP contribution in [0.4, 0.5) is 0 Å². The van der Waals surface area contributed by atoms with Crippen molar-refractivity contribution >= 4 is 27.5 Å². The van der Waals surface area contributed by atoms with E-state index in [0.717, 1.165) is 0 Å². The summed E-state index contributed by atoms with van der Waals surface area (Å²) in [6.07, 6.45) is -8.10. The van der Waals surface area contributed by atoms with Crippen LogP contribution in [0.1, 0.15) is 49.1 Å². The lowest BCUT2D eigenvalue weighted by Gasteiger charge is -2.41. The maximum atomic E-state index is 12.7. The van der Waals surface area contributed by atoms with Gasteiger partial charge in [0.15, 0.2) is 6.10 Å². The zero-order chi connectivity index (χ0) is 39.5. The lowest BCUT2D eigenvalue weighted by molar-refractivity contribution is -0.281. The number of aromatic hydroxyl groups is 2. The van der Waals surface area contributed by atoms with Gasteiger partial charge >= 0.3 is 5.97 Å². The van der Waals surface area contributed by atoms with Crippen LogP contribution in [0.3, 0.4) is 0 Å². The molecule has 0 aliphatic carbocycles. The van der Waals surface area contributed by atoms with Crippen LogP contribution < -0.4 is 18.9 Å². The minimum absolute atomic E-state index is 0.0264. The van der Waals surface area contributed by atoms with E-state index >= 15 is 0 Å². The number of esters is 1. The normalized spacial score (nSPS) is 26.3. The van der Waals surface area contributed by atoms with E-state index in [2.05, 4.69) is 0 Å². The Bertz CT molecular complexity index is 2130. The van der Waals surface area contributed by atoms with Crippen molar-refractivity contribution in [3.63, 3.8) is 0 Å². The molecule has 4 aromatic carbocycles. The molecule has 15 heteroatoms. The van der Waals surface area contributed by atoms with Crippen molar-refractivity contribution in [2.45, 2.75) is 89.4 Å². The Morgan fingerprint density at radius 2 is 1.42 bits per heavy atom. The van der Waals surface area contributed by atoms with E-state index in [1.54, 1.807) is 25.1 Å². The highest BCUT2D eigenvalue weighted by Crippen LogP contribution is 2.56. The topological polar surface area (TPSA) is 201 Å². The minimum Gasteiger partial charge on any atom is -0.507 e. The molecule has 0 radical (unpaired) electrons. The SMILES string of the molecule is COc1cc(OC)c2c(O)c3c(c(-c4c5c(c(O)c6c(OC)cc(OC7OC(CO)C(OC)C(O)C7O)cc46)COC(C)C5)c2c1)C(OC(C)=O)C(C)OC3. The molecule has 0 spiro atoms. The molecule has 0 saturated carbocycles. The molecule has 3 aliphatic rings. The molecule has 0 bridgehead atoms. The first-order valence-electron chi connectivity index (χ1n) is 17.9. The van der Waals surface area contributed by atoms with E-state index in [0.29, 0.717) is 72.8 Å². The van der Waals surface area contributed by atoms with Crippen LogP contribution in [-0.4, -0.2) is 109 Å². The molecular formula is C40H46O15. The molecule has 3 aliphatic heterocycles. The maximum Gasteiger partial charge on any atom is 0.303 e. The second-order valence-electron chi connectivity index (χ2n) is 14.0. The van der Waals surface area contributed by atoms with E-state index in [-0.39, 0.29) is 42.3 Å². The molecule has 0 aromatic heterocycles. The summed E-state index contributed by atoms with van der Waals surface area (Å²) in [6, 6.07) is 6.58. The first-order chi connectivity index (χ1) is 26.4. The van der Waals surface area contributed by atoms with Crippen molar-refractivity contribution in [2.75, 3.05) is 35.0 Å². The predicted octanol–water partition coefficient (Wildman–Crippen LogP) is 3.91. The highest BCUT2D eigenvalue weighted by molar-refractivity contribution is 6.15. The Hall–Kier alpha value is -4.61. The van der Waals surface area contributed by atoms with Crippen molar-refractivity contribution in [3.05, 3.63) is 46.5 Å². The van der Waals surface area contributed by atoms with Gasteiger partial charge in [-0.1, -0.05) is 0 Å². The number of aliphatic hydroxyl groups is 3. The maximum absolute atomic E-state index is 12.7. The molecule has 5 N–H and O–H groups in total. The Kier molecular flexibility index (Phi) is 10.6. The number of benzene rings is 4. The number of fused-ring (bicyclic) bond motifs is 4. The van der Waals surface area contributed by atoms with Crippen molar-refractivity contribution in [2.24, 2.45) is 0 Å². The summed E-state index contributed by atoms with van der Waals surface area (Å²) in [5.41, 5.74) is 3.21. The highest BCUT2D eigenvalue weighted by atomic mass is 16.7. The van der Waals surface area contributed by atoms with Gasteiger partial charge in [0.05, 0.1) is 64.1 Å². The zero-order valence-corrected chi connectivity index (χ0v) is 31.6. The number of methoxy groups -OCH3 is 4. The smallest absolute Gasteiger partial charge is 0.303 e. The Labute approximate surface area is 316 Å². The lowest BCUT2D eigenvalue weighted by Crippen LogP contribution is -2.60. The molecule has 1 saturated heterocycles. The molecule has 0 amide bonds. The van der Waals surface area contributed by atoms with E-state index in [1.807, 2.05) is 6.92 Å². The monoisotopic (exact) mass is 766 g/mol. The molecule has 7 rings (SSSR count). The van der Waals surface area contributed by atoms with Gasteiger partial charge in [0.2, 0.25) is 6.29 Å². The third-order valence-electron chi connectivity index (χ3n) is 10.8. The number of hydrogen-bond acceptors (Lipinski definition) is 15. The summed E-state index contributed by atoms with van der Waals surface area (Å²) >= 11 is 0. The van der Waals surface area contributed by atoms with E-state index < -0.39 is 55.5 Å². The van der Waals surface area contributed by atoms with Gasteiger partial charge in [0.25, 0.3) is 0 Å². The van der Waals surface area contributed by atoms with Gasteiger partial charge in [-0.15, -0.1) is 0 Å². The standard InChI is InChI=1S/C40H46O15/c1-16-8-21-24(14-51-16)34(43)30-22(10-20(12-27(30)49-6)54-40-37(46)36(45)39(50-7)28(13-41)55-40)29(21)32-23-9-19(47-4)11-26(48-5)31(23)35(44)25-15-52-17(2)38(33(25)32)53-18(3)42/h9-12,16-17,28,36-41,43-46H,8,13-15H2,1-7H3. The number of carbonyl (C=O) groups is 1. The van der Waals surface area contributed by atoms with Gasteiger partial charge in [-0.3, -0.25) is 4.79 Å². The highest BCUT2D eigenvalue weighted by Gasteiger charge is 2.46. The quantitative estimate of drug-likeness (QED) is 0.153. The van der Waals surface area contributed by atoms with Gasteiger partial charge < -0.3 is 68.2 Å². The first kappa shape index (κ1) is 38.7. The van der Waals surface area contributed by atoms with Crippen LogP contribution in [0, 0.1) is 0 Å². The molecule has 8 atom stereocenters. The van der Waals surface area contributed by atoms with Crippen LogP contribution in [0.25, 0.3) is 32.7 Å². The summed E-state index contributed by atoms with van der Waals surface area (Å²) in [5.74, 6) is 0.257. The number of phenols is 2. The van der Waals surface area contributed by atoms with Crippen molar-refractivity contribution < 1.29 is 73.0 Å². The number of phenolic OH excluding ortho intramolecular Hbond substituents is 2. The number of hydrogen-bond donors (Lipinski definition) is 5. The molecule has 3 heterocycles. The number of ether oxygens (including phenoxy) is 9. The fraction of sp³-hybridized carbons (Fsp3) is 0.475. The van der Waals surface area contributed by atoms with Crippen LogP contribution in [0.15, 0.2) is 24.3 Å². The fourth-order valence-electron chi connectivity index (χ4n) is 8.17. The lowest BCUT2D eigenvalue weighted by atomic mass is 9.78. The minimum atomic E-state index is -1.58. The van der Waals surface area contributed by atoms with Gasteiger partial charge in [0, 0.05) is 53.6 Å². The third kappa shape index (κ3) is 6.43. The second-order valence-corrected chi connectivity index (χ2v) is 14.0. The van der Waals surface area contributed by atoms with Gasteiger partial charge in [0.1, 0.15) is 58.9 Å². The molecule has 1 fully saturated rings. The summed E-state index contributed by atoms with van der Waals surface area (Å²) < 4.78 is 53.0. The first-order valence-corrected chi connectivity index (χ1v) is 17.9. The second kappa shape index (κ2) is 15.1. The average Bonchev–Trinajstić information content (AvgIpc) is 3.17. The third-order valence-corrected chi connectivity index (χ3v) is 10.8. The average molecular weight is 767 g/mol. The van der Waals surface area contributed by atoms with E-state index in [1.165, 1.54) is 41.4 Å². The van der Waals surface area contributed by atoms with Gasteiger partial charge in [-0.25, -0.2) is 0 Å². The summed E-state index contributed by atoms with van der Waals surface area (Å²) in [6.45, 7) is 4.51. The van der Waals surface area contributed by atoms with Crippen LogP contribution in [0.5, 0.6) is 34.5 Å². The van der Waals surface area contributed by atoms with Gasteiger partial charge in [-0.05, 0) is 49.1 Å². The van der Waals surface area contributed by atoms with Crippen molar-refractivity contribution in [1.29, 1.82) is 0 Å². The van der Waals surface area contributed by atoms with Gasteiger partial charge in [-0.2, -0.15) is 0 Å². The molecule has 296 valence electrons. The van der Waals surface area contributed by atoms with E-state index in [9.17, 15) is 30.3 Å². The predicted molar refractivity (Wildman–Crippen MR) is 196 cm³/mol. The molecule has 4 aromatic rings.